The van der Waals surface area contributed by atoms with Crippen LogP contribution in [-0.4, -0.2) is 180 Å². The first-order chi connectivity index (χ1) is 30.6. The zero-order valence-electron chi connectivity index (χ0n) is 37.5. The number of amides is 1. The van der Waals surface area contributed by atoms with Crippen LogP contribution in [0, 0.1) is 23.7 Å². The summed E-state index contributed by atoms with van der Waals surface area (Å²) in [6.45, 7) is 7.22. The van der Waals surface area contributed by atoms with Crippen LogP contribution in [0.2, 0.25) is 0 Å². The molecule has 358 valence electrons. The van der Waals surface area contributed by atoms with Gasteiger partial charge in [-0.2, -0.15) is 23.5 Å². The summed E-state index contributed by atoms with van der Waals surface area (Å²) >= 11 is 2.69. The molecule has 2 bridgehead atoms. The van der Waals surface area contributed by atoms with E-state index in [9.17, 15) is 30.0 Å². The summed E-state index contributed by atoms with van der Waals surface area (Å²) in [5.74, 6) is 11.3. The molecule has 0 aromatic carbocycles. The van der Waals surface area contributed by atoms with E-state index in [1.54, 1.807) is 26.4 Å². The molecule has 6 N–H and O–H groups in total. The lowest BCUT2D eigenvalue weighted by Gasteiger charge is -2.54. The van der Waals surface area contributed by atoms with E-state index >= 15 is 0 Å². The fourth-order valence-corrected chi connectivity index (χ4v) is 13.1. The number of carbonyl (C=O) groups is 2. The zero-order valence-corrected chi connectivity index (χ0v) is 41.6. The number of methoxy groups -OCH3 is 2. The minimum atomic E-state index is -2.02. The van der Waals surface area contributed by atoms with Crippen LogP contribution in [0.4, 0.5) is 4.79 Å². The van der Waals surface area contributed by atoms with Gasteiger partial charge in [-0.15, -0.1) is 0 Å². The Balaban J connectivity index is 1.61. The molecular weight excluding hydrogens is 929 g/mol. The first kappa shape index (κ1) is 53.5. The van der Waals surface area contributed by atoms with Gasteiger partial charge in [-0.25, -0.2) is 4.79 Å². The second kappa shape index (κ2) is 24.7. The average molecular weight is 991 g/mol. The zero-order chi connectivity index (χ0) is 46.8. The summed E-state index contributed by atoms with van der Waals surface area (Å²) < 4.78 is 48.6. The lowest BCUT2D eigenvalue weighted by Crippen LogP contribution is -2.71. The van der Waals surface area contributed by atoms with Crippen LogP contribution < -0.4 is 10.6 Å². The number of aliphatic hydroxyl groups excluding tert-OH is 3. The minimum absolute atomic E-state index is 0.0143. The Morgan fingerprint density at radius 1 is 1.08 bits per heavy atom. The van der Waals surface area contributed by atoms with Crippen molar-refractivity contribution in [2.75, 3.05) is 52.0 Å². The summed E-state index contributed by atoms with van der Waals surface area (Å²) in [4.78, 5) is 26.9. The van der Waals surface area contributed by atoms with Crippen LogP contribution in [0.5, 0.6) is 0 Å². The molecule has 3 saturated heterocycles. The van der Waals surface area contributed by atoms with Gasteiger partial charge in [0, 0.05) is 42.9 Å². The molecule has 3 fully saturated rings. The van der Waals surface area contributed by atoms with Crippen LogP contribution in [0.1, 0.15) is 47.0 Å². The topological polar surface area (TPSA) is 213 Å². The summed E-state index contributed by atoms with van der Waals surface area (Å²) in [5.41, 5.74) is -2.05. The molecule has 21 heteroatoms. The standard InChI is InChI=1S/C43H62N2O14S5/c1-23(2)44-27-22-54-33(19-31(27)52-5)59-37-39(49)43(61-8,32(21-46)58-34-18-28(47)38(60-7)24(3)55-34)25(4)56-40(37)57-30-14-12-10-11-13-16-42(51)20-29(48)36(45-41(50)53-6)35(30)26(42)15-17-63-64-62-9/h10-11,15,23-25,27-28,30-34,37-40,44,46-47,49,51H,17-22H2,1-9H3,(H,45,50)/b11-10-,26-15+/t24-,25-,27+,28+,30+,31+,32+,33+,34+,37-,38-,39-,40+,42+,43-/m1/s1. The molecule has 0 spiro atoms. The molecule has 5 aliphatic rings. The van der Waals surface area contributed by atoms with Gasteiger partial charge in [0.15, 0.2) is 30.3 Å². The highest BCUT2D eigenvalue weighted by Crippen LogP contribution is 2.47. The minimum Gasteiger partial charge on any atom is -0.453 e. The summed E-state index contributed by atoms with van der Waals surface area (Å²) in [5, 5.41) is 53.0. The molecule has 0 radical (unpaired) electrons. The smallest absolute Gasteiger partial charge is 0.411 e. The quantitative estimate of drug-likeness (QED) is 0.0662. The van der Waals surface area contributed by atoms with E-state index in [0.717, 1.165) is 7.11 Å². The Kier molecular flexibility index (Phi) is 20.7. The number of ketones is 1. The van der Waals surface area contributed by atoms with E-state index in [1.807, 2.05) is 33.3 Å². The van der Waals surface area contributed by atoms with Crippen LogP contribution >= 0.6 is 54.9 Å². The third kappa shape index (κ3) is 12.4. The van der Waals surface area contributed by atoms with Gasteiger partial charge >= 0.3 is 6.09 Å². The molecule has 16 nitrogen and oxygen atoms in total. The van der Waals surface area contributed by atoms with E-state index in [0.29, 0.717) is 5.75 Å². The van der Waals surface area contributed by atoms with Crippen molar-refractivity contribution >= 4 is 66.8 Å². The van der Waals surface area contributed by atoms with E-state index < -0.39 is 90.7 Å². The third-order valence-electron chi connectivity index (χ3n) is 11.6. The fraction of sp³-hybridized carbons (Fsp3) is 0.721. The maximum Gasteiger partial charge on any atom is 0.411 e. The fourth-order valence-electron chi connectivity index (χ4n) is 8.68. The second-order valence-corrected chi connectivity index (χ2v) is 22.5. The van der Waals surface area contributed by atoms with Crippen molar-refractivity contribution < 1.29 is 67.9 Å². The molecule has 2 aliphatic carbocycles. The number of nitrogens with one attached hydrogen (secondary N) is 2. The van der Waals surface area contributed by atoms with Crippen molar-refractivity contribution in [1.29, 1.82) is 0 Å². The summed E-state index contributed by atoms with van der Waals surface area (Å²) in [6, 6.07) is -0.0283. The van der Waals surface area contributed by atoms with E-state index in [2.05, 4.69) is 34.3 Å². The molecular formula is C43H62N2O14S5. The molecule has 5 rings (SSSR count). The number of ether oxygens (including phenoxy) is 8. The Bertz CT molecular complexity index is 1820. The van der Waals surface area contributed by atoms with Crippen LogP contribution in [0.3, 0.4) is 0 Å². The monoisotopic (exact) mass is 990 g/mol. The number of rotatable bonds is 18. The van der Waals surface area contributed by atoms with Crippen molar-refractivity contribution in [1.82, 2.24) is 10.6 Å². The molecule has 1 amide bonds. The Morgan fingerprint density at radius 2 is 1.83 bits per heavy atom. The van der Waals surface area contributed by atoms with Crippen LogP contribution in [-0.2, 0) is 42.7 Å². The highest BCUT2D eigenvalue weighted by atomic mass is 33.5. The van der Waals surface area contributed by atoms with Gasteiger partial charge in [0.1, 0.15) is 24.4 Å². The number of thioether (sulfide) groups is 2. The number of aliphatic hydroxyl groups is 4. The normalized spacial score (nSPS) is 38.2. The molecule has 3 heterocycles. The number of hydrogen-bond acceptors (Lipinski definition) is 20. The highest BCUT2D eigenvalue weighted by molar-refractivity contribution is 9.09. The van der Waals surface area contributed by atoms with Crippen molar-refractivity contribution in [3.05, 3.63) is 35.1 Å². The lowest BCUT2D eigenvalue weighted by atomic mass is 9.75. The molecule has 64 heavy (non-hydrogen) atoms. The van der Waals surface area contributed by atoms with Gasteiger partial charge < -0.3 is 63.6 Å². The Morgan fingerprint density at radius 3 is 2.47 bits per heavy atom. The summed E-state index contributed by atoms with van der Waals surface area (Å²) in [7, 11) is 7.28. The van der Waals surface area contributed by atoms with Gasteiger partial charge in [-0.1, -0.05) is 65.2 Å². The molecule has 15 atom stereocenters. The Hall–Kier alpha value is -1.45. The van der Waals surface area contributed by atoms with E-state index in [4.69, 9.17) is 37.9 Å². The summed E-state index contributed by atoms with van der Waals surface area (Å²) in [6.07, 6.45) is -2.18. The number of hydrogen-bond donors (Lipinski definition) is 6. The number of alkyl carbamates (subject to hydrolysis) is 1. The first-order valence-corrected chi connectivity index (χ1v) is 27.5. The number of allylic oxidation sites excluding steroid dienone is 3. The maximum absolute atomic E-state index is 14.0. The molecule has 0 saturated carbocycles. The first-order valence-electron chi connectivity index (χ1n) is 20.9. The van der Waals surface area contributed by atoms with Crippen LogP contribution in [0.15, 0.2) is 35.1 Å². The van der Waals surface area contributed by atoms with Crippen molar-refractivity contribution in [2.24, 2.45) is 0 Å². The molecule has 0 aromatic rings. The predicted octanol–water partition coefficient (Wildman–Crippen LogP) is 3.17. The van der Waals surface area contributed by atoms with Crippen molar-refractivity contribution in [3.63, 3.8) is 0 Å². The van der Waals surface area contributed by atoms with Crippen LogP contribution in [0.25, 0.3) is 0 Å². The lowest BCUT2D eigenvalue weighted by molar-refractivity contribution is -0.338. The van der Waals surface area contributed by atoms with Gasteiger partial charge in [-0.3, -0.25) is 10.1 Å². The van der Waals surface area contributed by atoms with Gasteiger partial charge in [0.05, 0.1) is 72.9 Å². The predicted molar refractivity (Wildman–Crippen MR) is 251 cm³/mol. The van der Waals surface area contributed by atoms with E-state index in [-0.39, 0.29) is 65.8 Å². The van der Waals surface area contributed by atoms with Gasteiger partial charge in [0.2, 0.25) is 0 Å². The van der Waals surface area contributed by atoms with E-state index in [1.165, 1.54) is 67.1 Å². The highest BCUT2D eigenvalue weighted by Gasteiger charge is 2.61. The number of fused-ring (bicyclic) bond motifs is 2. The largest absolute Gasteiger partial charge is 0.453 e. The average Bonchev–Trinajstić information content (AvgIpc) is 3.25. The van der Waals surface area contributed by atoms with Gasteiger partial charge in [-0.05, 0) is 54.6 Å². The van der Waals surface area contributed by atoms with Crippen molar-refractivity contribution in [2.45, 2.75) is 142 Å². The van der Waals surface area contributed by atoms with Crippen molar-refractivity contribution in [3.8, 4) is 23.7 Å². The SMILES string of the molecule is COC(=O)NC1=C2/C(=C\CSSSC)[C@](O)(C#C/C=C\C#C[C@@H]2O[C@@H]2O[C@H](C)[C@@](SC)([C@H](CO)O[C@H]3C[C@H](O)[C@H](SC)[C@@H](C)O3)[C@H](O)[C@H]2O[C@H]2C[C@H](OC)[C@@H](NC(C)C)CO2)CC1=O. The number of carbonyl (C=O) groups excluding carboxylic acids is 2. The molecule has 0 aromatic heterocycles. The van der Waals surface area contributed by atoms with Gasteiger partial charge in [0.25, 0.3) is 0 Å². The Labute approximate surface area is 396 Å². The maximum atomic E-state index is 14.0. The molecule has 3 aliphatic heterocycles. The third-order valence-corrected chi connectivity index (χ3v) is 18.1. The molecule has 0 unspecified atom stereocenters. The second-order valence-electron chi connectivity index (χ2n) is 15.9. The number of Topliss-reactive ketones (excluding diaryl/α,β-unsaturated/α-hetero) is 1.